The molecule has 20 heavy (non-hydrogen) atoms. The van der Waals surface area contributed by atoms with Crippen LogP contribution in [0, 0.1) is 13.8 Å². The van der Waals surface area contributed by atoms with Crippen molar-refractivity contribution in [2.75, 3.05) is 6.61 Å². The predicted molar refractivity (Wildman–Crippen MR) is 83.3 cm³/mol. The van der Waals surface area contributed by atoms with Gasteiger partial charge in [-0.2, -0.15) is 0 Å². The maximum Gasteiger partial charge on any atom is 0.128 e. The summed E-state index contributed by atoms with van der Waals surface area (Å²) in [7, 11) is 0. The van der Waals surface area contributed by atoms with Crippen LogP contribution in [-0.2, 0) is 6.42 Å². The summed E-state index contributed by atoms with van der Waals surface area (Å²) in [6.45, 7) is 4.76. The van der Waals surface area contributed by atoms with Gasteiger partial charge in [-0.15, -0.1) is 0 Å². The summed E-state index contributed by atoms with van der Waals surface area (Å²) < 4.78 is 6.70. The second kappa shape index (κ2) is 5.23. The lowest BCUT2D eigenvalue weighted by Gasteiger charge is -2.18. The molecule has 0 aromatic heterocycles. The quantitative estimate of drug-likeness (QED) is 0.897. The fourth-order valence-corrected chi connectivity index (χ4v) is 3.25. The van der Waals surface area contributed by atoms with Crippen LogP contribution in [0.2, 0.25) is 0 Å². The molecule has 1 N–H and O–H groups in total. The van der Waals surface area contributed by atoms with E-state index >= 15 is 0 Å². The van der Waals surface area contributed by atoms with Crippen molar-refractivity contribution in [3.05, 3.63) is 62.6 Å². The highest BCUT2D eigenvalue weighted by molar-refractivity contribution is 9.10. The fourth-order valence-electron chi connectivity index (χ4n) is 2.72. The predicted octanol–water partition coefficient (Wildman–Crippen LogP) is 4.08. The first kappa shape index (κ1) is 13.7. The zero-order valence-corrected chi connectivity index (χ0v) is 13.2. The Balaban J connectivity index is 2.11. The number of ether oxygens (including phenoxy) is 1. The molecule has 0 saturated heterocycles. The molecule has 1 heterocycles. The van der Waals surface area contributed by atoms with E-state index in [0.717, 1.165) is 38.9 Å². The van der Waals surface area contributed by atoms with Crippen molar-refractivity contribution in [2.45, 2.75) is 26.4 Å². The monoisotopic (exact) mass is 332 g/mol. The van der Waals surface area contributed by atoms with Crippen LogP contribution >= 0.6 is 15.9 Å². The molecule has 2 nitrogen and oxygen atoms in total. The zero-order valence-electron chi connectivity index (χ0n) is 11.6. The summed E-state index contributed by atoms with van der Waals surface area (Å²) in [4.78, 5) is 0. The van der Waals surface area contributed by atoms with E-state index in [9.17, 15) is 5.11 Å². The highest BCUT2D eigenvalue weighted by Gasteiger charge is 2.24. The Labute approximate surface area is 127 Å². The fraction of sp³-hybridized carbons (Fsp3) is 0.294. The van der Waals surface area contributed by atoms with E-state index in [1.807, 2.05) is 32.0 Å². The van der Waals surface area contributed by atoms with Gasteiger partial charge in [0.25, 0.3) is 0 Å². The first-order chi connectivity index (χ1) is 9.56. The second-order valence-corrected chi connectivity index (χ2v) is 6.26. The zero-order chi connectivity index (χ0) is 14.3. The molecule has 0 aliphatic carbocycles. The van der Waals surface area contributed by atoms with E-state index in [2.05, 4.69) is 28.1 Å². The molecule has 1 atom stereocenters. The Hall–Kier alpha value is -1.32. The SMILES string of the molecule is Cc1ccc(C)c(C(O)c2cc(Br)cc3c2OCC3)c1. The molecular weight excluding hydrogens is 316 g/mol. The summed E-state index contributed by atoms with van der Waals surface area (Å²) in [5.74, 6) is 0.849. The minimum absolute atomic E-state index is 0.653. The van der Waals surface area contributed by atoms with Crippen molar-refractivity contribution in [3.8, 4) is 5.75 Å². The highest BCUT2D eigenvalue weighted by Crippen LogP contribution is 2.39. The smallest absolute Gasteiger partial charge is 0.128 e. The van der Waals surface area contributed by atoms with Gasteiger partial charge in [-0.1, -0.05) is 39.7 Å². The van der Waals surface area contributed by atoms with Gasteiger partial charge in [-0.25, -0.2) is 0 Å². The molecule has 0 radical (unpaired) electrons. The van der Waals surface area contributed by atoms with Gasteiger partial charge in [0.05, 0.1) is 6.61 Å². The third-order valence-electron chi connectivity index (χ3n) is 3.80. The summed E-state index contributed by atoms with van der Waals surface area (Å²) in [5, 5.41) is 10.8. The lowest BCUT2D eigenvalue weighted by atomic mass is 9.94. The van der Waals surface area contributed by atoms with Crippen LogP contribution in [0.15, 0.2) is 34.8 Å². The minimum atomic E-state index is -0.653. The van der Waals surface area contributed by atoms with E-state index in [1.165, 1.54) is 5.56 Å². The van der Waals surface area contributed by atoms with Crippen LogP contribution in [0.5, 0.6) is 5.75 Å². The maximum atomic E-state index is 10.8. The molecule has 2 aromatic carbocycles. The highest BCUT2D eigenvalue weighted by atomic mass is 79.9. The number of hydrogen-bond acceptors (Lipinski definition) is 2. The Kier molecular flexibility index (Phi) is 3.57. The number of aryl methyl sites for hydroxylation is 2. The van der Waals surface area contributed by atoms with E-state index in [0.29, 0.717) is 6.61 Å². The third-order valence-corrected chi connectivity index (χ3v) is 4.26. The first-order valence-corrected chi connectivity index (χ1v) is 7.56. The van der Waals surface area contributed by atoms with Gasteiger partial charge in [-0.3, -0.25) is 0 Å². The minimum Gasteiger partial charge on any atom is -0.493 e. The van der Waals surface area contributed by atoms with Crippen molar-refractivity contribution in [3.63, 3.8) is 0 Å². The number of halogens is 1. The third kappa shape index (κ3) is 2.36. The van der Waals surface area contributed by atoms with Gasteiger partial charge < -0.3 is 9.84 Å². The van der Waals surface area contributed by atoms with Crippen molar-refractivity contribution < 1.29 is 9.84 Å². The normalized spacial score (nSPS) is 14.8. The molecule has 0 amide bonds. The average Bonchev–Trinajstić information content (AvgIpc) is 2.87. The Morgan fingerprint density at radius 2 is 1.95 bits per heavy atom. The van der Waals surface area contributed by atoms with Gasteiger partial charge in [0.1, 0.15) is 11.9 Å². The van der Waals surface area contributed by atoms with Crippen molar-refractivity contribution in [1.29, 1.82) is 0 Å². The van der Waals surface area contributed by atoms with E-state index < -0.39 is 6.10 Å². The van der Waals surface area contributed by atoms with Crippen molar-refractivity contribution in [1.82, 2.24) is 0 Å². The van der Waals surface area contributed by atoms with Crippen molar-refractivity contribution >= 4 is 15.9 Å². The molecule has 1 unspecified atom stereocenters. The summed E-state index contributed by atoms with van der Waals surface area (Å²) in [6.07, 6.45) is 0.251. The van der Waals surface area contributed by atoms with Gasteiger partial charge in [0, 0.05) is 16.5 Å². The summed E-state index contributed by atoms with van der Waals surface area (Å²) >= 11 is 3.52. The lowest BCUT2D eigenvalue weighted by Crippen LogP contribution is -2.05. The average molecular weight is 333 g/mol. The van der Waals surface area contributed by atoms with E-state index in [1.54, 1.807) is 0 Å². The van der Waals surface area contributed by atoms with E-state index in [4.69, 9.17) is 4.74 Å². The number of aliphatic hydroxyl groups excluding tert-OH is 1. The van der Waals surface area contributed by atoms with Crippen LogP contribution < -0.4 is 4.74 Å². The molecule has 0 spiro atoms. The Morgan fingerprint density at radius 1 is 1.15 bits per heavy atom. The van der Waals surface area contributed by atoms with Crippen molar-refractivity contribution in [2.24, 2.45) is 0 Å². The van der Waals surface area contributed by atoms with Gasteiger partial charge in [0.2, 0.25) is 0 Å². The molecule has 0 saturated carbocycles. The Morgan fingerprint density at radius 3 is 2.75 bits per heavy atom. The van der Waals surface area contributed by atoms with Gasteiger partial charge in [-0.05, 0) is 42.7 Å². The topological polar surface area (TPSA) is 29.5 Å². The van der Waals surface area contributed by atoms with Crippen LogP contribution in [0.1, 0.15) is 33.9 Å². The van der Waals surface area contributed by atoms with E-state index in [-0.39, 0.29) is 0 Å². The standard InChI is InChI=1S/C17H17BrO2/c1-10-3-4-11(2)14(7-10)16(19)15-9-13(18)8-12-5-6-20-17(12)15/h3-4,7-9,16,19H,5-6H2,1-2H3. The van der Waals surface area contributed by atoms with Crippen LogP contribution in [-0.4, -0.2) is 11.7 Å². The van der Waals surface area contributed by atoms with Crippen LogP contribution in [0.3, 0.4) is 0 Å². The molecule has 0 fully saturated rings. The summed E-state index contributed by atoms with van der Waals surface area (Å²) in [6, 6.07) is 10.2. The molecule has 0 bridgehead atoms. The van der Waals surface area contributed by atoms with Gasteiger partial charge >= 0.3 is 0 Å². The summed E-state index contributed by atoms with van der Waals surface area (Å²) in [5.41, 5.74) is 5.20. The molecule has 104 valence electrons. The molecule has 3 heteroatoms. The molecule has 2 aromatic rings. The number of fused-ring (bicyclic) bond motifs is 1. The largest absolute Gasteiger partial charge is 0.493 e. The van der Waals surface area contributed by atoms with Crippen LogP contribution in [0.4, 0.5) is 0 Å². The lowest BCUT2D eigenvalue weighted by molar-refractivity contribution is 0.213. The van der Waals surface area contributed by atoms with Crippen LogP contribution in [0.25, 0.3) is 0 Å². The maximum absolute atomic E-state index is 10.8. The molecule has 1 aliphatic heterocycles. The Bertz CT molecular complexity index is 664. The number of aliphatic hydroxyl groups is 1. The molecule has 3 rings (SSSR count). The number of hydrogen-bond donors (Lipinski definition) is 1. The first-order valence-electron chi connectivity index (χ1n) is 6.76. The molecular formula is C17H17BrO2. The number of rotatable bonds is 2. The molecule has 1 aliphatic rings. The van der Waals surface area contributed by atoms with Gasteiger partial charge in [0.15, 0.2) is 0 Å². The second-order valence-electron chi connectivity index (χ2n) is 5.34. The number of benzene rings is 2.